The predicted octanol–water partition coefficient (Wildman–Crippen LogP) is 4.37. The fourth-order valence-electron chi connectivity index (χ4n) is 2.50. The first kappa shape index (κ1) is 19.6. The fourth-order valence-corrected chi connectivity index (χ4v) is 3.03. The SMILES string of the molecule is Cc1ccc(Cl)cc1NC(=S)N(CCN(C)C)C(C)c1cccnc1. The van der Waals surface area contributed by atoms with Crippen LogP contribution in [0.1, 0.15) is 24.1 Å². The zero-order chi connectivity index (χ0) is 18.4. The van der Waals surface area contributed by atoms with E-state index in [1.807, 2.05) is 37.4 Å². The average Bonchev–Trinajstić information content (AvgIpc) is 2.58. The number of hydrogen-bond donors (Lipinski definition) is 1. The van der Waals surface area contributed by atoms with Crippen LogP contribution >= 0.6 is 23.8 Å². The predicted molar refractivity (Wildman–Crippen MR) is 110 cm³/mol. The van der Waals surface area contributed by atoms with Gasteiger partial charge < -0.3 is 15.1 Å². The van der Waals surface area contributed by atoms with Crippen LogP contribution in [0.5, 0.6) is 0 Å². The molecule has 2 aromatic rings. The summed E-state index contributed by atoms with van der Waals surface area (Å²) in [7, 11) is 4.12. The maximum atomic E-state index is 6.13. The second kappa shape index (κ2) is 9.13. The molecule has 0 aliphatic carbocycles. The zero-order valence-corrected chi connectivity index (χ0v) is 16.7. The molecule has 0 spiro atoms. The zero-order valence-electron chi connectivity index (χ0n) is 15.2. The highest BCUT2D eigenvalue weighted by molar-refractivity contribution is 7.80. The molecule has 0 aliphatic rings. The van der Waals surface area contributed by atoms with Crippen molar-refractivity contribution in [3.8, 4) is 0 Å². The minimum Gasteiger partial charge on any atom is -0.341 e. The summed E-state index contributed by atoms with van der Waals surface area (Å²) < 4.78 is 0. The molecule has 1 aromatic carbocycles. The van der Waals surface area contributed by atoms with Crippen molar-refractivity contribution in [2.45, 2.75) is 19.9 Å². The van der Waals surface area contributed by atoms with E-state index in [0.717, 1.165) is 29.9 Å². The van der Waals surface area contributed by atoms with Crippen LogP contribution in [0, 0.1) is 6.92 Å². The number of nitrogens with one attached hydrogen (secondary N) is 1. The van der Waals surface area contributed by atoms with Gasteiger partial charge in [-0.05, 0) is 69.5 Å². The van der Waals surface area contributed by atoms with E-state index in [0.29, 0.717) is 10.1 Å². The molecule has 25 heavy (non-hydrogen) atoms. The molecule has 0 fully saturated rings. The van der Waals surface area contributed by atoms with Crippen LogP contribution in [0.3, 0.4) is 0 Å². The van der Waals surface area contributed by atoms with Crippen LogP contribution in [0.2, 0.25) is 5.02 Å². The van der Waals surface area contributed by atoms with Crippen molar-refractivity contribution in [1.29, 1.82) is 0 Å². The monoisotopic (exact) mass is 376 g/mol. The lowest BCUT2D eigenvalue weighted by Gasteiger charge is -2.33. The van der Waals surface area contributed by atoms with Gasteiger partial charge in [-0.1, -0.05) is 23.7 Å². The molecule has 1 aromatic heterocycles. The topological polar surface area (TPSA) is 31.4 Å². The van der Waals surface area contributed by atoms with Gasteiger partial charge >= 0.3 is 0 Å². The lowest BCUT2D eigenvalue weighted by atomic mass is 10.1. The molecule has 1 unspecified atom stereocenters. The first-order valence-corrected chi connectivity index (χ1v) is 9.05. The van der Waals surface area contributed by atoms with Crippen molar-refractivity contribution in [3.05, 3.63) is 58.9 Å². The van der Waals surface area contributed by atoms with E-state index in [1.54, 1.807) is 6.20 Å². The number of thiocarbonyl (C=S) groups is 1. The number of pyridine rings is 1. The second-order valence-electron chi connectivity index (χ2n) is 6.35. The molecule has 134 valence electrons. The van der Waals surface area contributed by atoms with Gasteiger partial charge in [0.2, 0.25) is 0 Å². The molecule has 1 N–H and O–H groups in total. The minimum atomic E-state index is 0.119. The van der Waals surface area contributed by atoms with Crippen molar-refractivity contribution in [2.75, 3.05) is 32.5 Å². The summed E-state index contributed by atoms with van der Waals surface area (Å²) in [6.45, 7) is 5.90. The molecule has 2 rings (SSSR count). The van der Waals surface area contributed by atoms with Gasteiger partial charge in [-0.15, -0.1) is 0 Å². The Labute approximate surface area is 160 Å². The molecule has 1 heterocycles. The fraction of sp³-hybridized carbons (Fsp3) is 0.368. The molecule has 1 atom stereocenters. The Balaban J connectivity index is 2.21. The summed E-state index contributed by atoms with van der Waals surface area (Å²) in [6.07, 6.45) is 3.67. The number of aromatic nitrogens is 1. The first-order chi connectivity index (χ1) is 11.9. The number of benzene rings is 1. The van der Waals surface area contributed by atoms with Crippen molar-refractivity contribution in [3.63, 3.8) is 0 Å². The molecular weight excluding hydrogens is 352 g/mol. The van der Waals surface area contributed by atoms with E-state index >= 15 is 0 Å². The summed E-state index contributed by atoms with van der Waals surface area (Å²) in [5.41, 5.74) is 3.17. The van der Waals surface area contributed by atoms with E-state index in [4.69, 9.17) is 23.8 Å². The third-order valence-corrected chi connectivity index (χ3v) is 4.70. The number of anilines is 1. The highest BCUT2D eigenvalue weighted by Gasteiger charge is 2.19. The van der Waals surface area contributed by atoms with Gasteiger partial charge in [-0.3, -0.25) is 4.98 Å². The van der Waals surface area contributed by atoms with Crippen molar-refractivity contribution < 1.29 is 0 Å². The standard InChI is InChI=1S/C19H25ClN4S/c1-14-7-8-17(20)12-18(14)22-19(25)24(11-10-23(3)4)15(2)16-6-5-9-21-13-16/h5-9,12-13,15H,10-11H2,1-4H3,(H,22,25). The number of aryl methyl sites for hydroxylation is 1. The Morgan fingerprint density at radius 2 is 2.04 bits per heavy atom. The Bertz CT molecular complexity index is 706. The van der Waals surface area contributed by atoms with E-state index in [-0.39, 0.29) is 6.04 Å². The lowest BCUT2D eigenvalue weighted by Crippen LogP contribution is -2.41. The number of likely N-dealkylation sites (N-methyl/N-ethyl adjacent to an activating group) is 1. The van der Waals surface area contributed by atoms with Crippen molar-refractivity contribution in [1.82, 2.24) is 14.8 Å². The third-order valence-electron chi connectivity index (χ3n) is 4.12. The number of rotatable bonds is 6. The average molecular weight is 377 g/mol. The quantitative estimate of drug-likeness (QED) is 0.757. The van der Waals surface area contributed by atoms with Crippen LogP contribution in [0.15, 0.2) is 42.7 Å². The molecule has 0 bridgehead atoms. The van der Waals surface area contributed by atoms with Crippen LogP contribution in [0.25, 0.3) is 0 Å². The summed E-state index contributed by atoms with van der Waals surface area (Å²) >= 11 is 11.9. The molecule has 6 heteroatoms. The van der Waals surface area contributed by atoms with E-state index < -0.39 is 0 Å². The van der Waals surface area contributed by atoms with Crippen LogP contribution < -0.4 is 5.32 Å². The summed E-state index contributed by atoms with van der Waals surface area (Å²) in [4.78, 5) is 8.57. The maximum absolute atomic E-state index is 6.13. The van der Waals surface area contributed by atoms with Crippen LogP contribution in [-0.2, 0) is 0 Å². The van der Waals surface area contributed by atoms with Gasteiger partial charge in [0.25, 0.3) is 0 Å². The molecule has 4 nitrogen and oxygen atoms in total. The van der Waals surface area contributed by atoms with E-state index in [9.17, 15) is 0 Å². The number of nitrogens with zero attached hydrogens (tertiary/aromatic N) is 3. The summed E-state index contributed by atoms with van der Waals surface area (Å²) in [5.74, 6) is 0. The van der Waals surface area contributed by atoms with E-state index in [1.165, 1.54) is 0 Å². The van der Waals surface area contributed by atoms with Gasteiger partial charge in [-0.25, -0.2) is 0 Å². The summed E-state index contributed by atoms with van der Waals surface area (Å²) in [5, 5.41) is 4.73. The van der Waals surface area contributed by atoms with Crippen LogP contribution in [-0.4, -0.2) is 47.1 Å². The lowest BCUT2D eigenvalue weighted by molar-refractivity contribution is 0.289. The molecule has 0 aliphatic heterocycles. The van der Waals surface area contributed by atoms with Gasteiger partial charge in [0.05, 0.1) is 6.04 Å². The largest absolute Gasteiger partial charge is 0.341 e. The van der Waals surface area contributed by atoms with Crippen LogP contribution in [0.4, 0.5) is 5.69 Å². The van der Waals surface area contributed by atoms with Crippen molar-refractivity contribution in [2.24, 2.45) is 0 Å². The Morgan fingerprint density at radius 3 is 2.68 bits per heavy atom. The molecule has 0 saturated carbocycles. The number of hydrogen-bond acceptors (Lipinski definition) is 3. The minimum absolute atomic E-state index is 0.119. The van der Waals surface area contributed by atoms with Gasteiger partial charge in [0.1, 0.15) is 0 Å². The maximum Gasteiger partial charge on any atom is 0.173 e. The Morgan fingerprint density at radius 1 is 1.28 bits per heavy atom. The highest BCUT2D eigenvalue weighted by atomic mass is 35.5. The molecular formula is C19H25ClN4S. The third kappa shape index (κ3) is 5.66. The molecule has 0 saturated heterocycles. The highest BCUT2D eigenvalue weighted by Crippen LogP contribution is 2.24. The number of halogens is 1. The normalized spacial score (nSPS) is 12.1. The molecule has 0 radical (unpaired) electrons. The first-order valence-electron chi connectivity index (χ1n) is 8.27. The summed E-state index contributed by atoms with van der Waals surface area (Å²) in [6, 6.07) is 9.92. The van der Waals surface area contributed by atoms with Crippen molar-refractivity contribution >= 4 is 34.6 Å². The Kier molecular flexibility index (Phi) is 7.17. The molecule has 0 amide bonds. The van der Waals surface area contributed by atoms with Gasteiger partial charge in [-0.2, -0.15) is 0 Å². The van der Waals surface area contributed by atoms with Gasteiger partial charge in [0.15, 0.2) is 5.11 Å². The smallest absolute Gasteiger partial charge is 0.173 e. The second-order valence-corrected chi connectivity index (χ2v) is 7.17. The van der Waals surface area contributed by atoms with E-state index in [2.05, 4.69) is 47.2 Å². The Hall–Kier alpha value is -1.69. The van der Waals surface area contributed by atoms with Gasteiger partial charge in [0, 0.05) is 36.2 Å².